The average molecular weight is 415 g/mol. The Morgan fingerprint density at radius 1 is 1.40 bits per heavy atom. The number of carboxylic acids is 1. The number of aromatic nitrogens is 2. The number of esters is 1. The Morgan fingerprint density at radius 2 is 2.07 bits per heavy atom. The minimum atomic E-state index is -1.47. The maximum atomic E-state index is 12.2. The SMILES string of the molecule is C=CCCC1(C)CCN(c2c(C(O)C(=O)OC)c(C)cc3nc(C(=O)O)cn23)CC1. The standard InChI is InChI=1S/C22H29N3O5/c1-5-6-7-22(3)8-10-24(11-9-22)19-17(18(26)21(29)30-4)14(2)12-16-23-15(20(27)28)13-25(16)19/h5,12-13,18,26H,1,6-11H2,2-4H3,(H,27,28). The molecule has 2 aromatic rings. The van der Waals surface area contributed by atoms with Gasteiger partial charge in [0.15, 0.2) is 11.8 Å². The number of hydrogen-bond acceptors (Lipinski definition) is 6. The number of nitrogens with zero attached hydrogens (tertiary/aromatic N) is 3. The van der Waals surface area contributed by atoms with E-state index in [1.165, 1.54) is 13.3 Å². The van der Waals surface area contributed by atoms with Gasteiger partial charge in [-0.2, -0.15) is 0 Å². The first-order valence-electron chi connectivity index (χ1n) is 10.1. The normalized spacial score (nSPS) is 17.0. The van der Waals surface area contributed by atoms with E-state index in [1.54, 1.807) is 17.4 Å². The van der Waals surface area contributed by atoms with E-state index in [2.05, 4.69) is 23.4 Å². The Morgan fingerprint density at radius 3 is 2.63 bits per heavy atom. The monoisotopic (exact) mass is 415 g/mol. The van der Waals surface area contributed by atoms with E-state index in [0.717, 1.165) is 25.7 Å². The van der Waals surface area contributed by atoms with Crippen LogP contribution in [0, 0.1) is 12.3 Å². The van der Waals surface area contributed by atoms with Crippen LogP contribution in [0.3, 0.4) is 0 Å². The molecule has 0 spiro atoms. The number of pyridine rings is 1. The van der Waals surface area contributed by atoms with Crippen LogP contribution in [0.5, 0.6) is 0 Å². The molecular formula is C22H29N3O5. The molecule has 3 rings (SSSR count). The molecule has 0 amide bonds. The third kappa shape index (κ3) is 4.05. The molecule has 162 valence electrons. The number of piperidine rings is 1. The second-order valence-electron chi connectivity index (χ2n) is 8.27. The molecule has 1 aliphatic rings. The van der Waals surface area contributed by atoms with Gasteiger partial charge in [-0.3, -0.25) is 4.40 Å². The van der Waals surface area contributed by atoms with Gasteiger partial charge >= 0.3 is 11.9 Å². The number of carbonyl (C=O) groups excluding carboxylic acids is 1. The summed E-state index contributed by atoms with van der Waals surface area (Å²) in [6.45, 7) is 9.29. The summed E-state index contributed by atoms with van der Waals surface area (Å²) in [6, 6.07) is 1.68. The number of carbonyl (C=O) groups is 2. The number of fused-ring (bicyclic) bond motifs is 1. The first-order chi connectivity index (χ1) is 14.2. The fraction of sp³-hybridized carbons (Fsp3) is 0.500. The molecule has 0 bridgehead atoms. The van der Waals surface area contributed by atoms with Crippen LogP contribution in [0.2, 0.25) is 0 Å². The van der Waals surface area contributed by atoms with Crippen LogP contribution in [0.25, 0.3) is 5.65 Å². The maximum Gasteiger partial charge on any atom is 0.356 e. The predicted molar refractivity (Wildman–Crippen MR) is 113 cm³/mol. The van der Waals surface area contributed by atoms with Crippen LogP contribution in [-0.2, 0) is 9.53 Å². The van der Waals surface area contributed by atoms with Crippen molar-refractivity contribution in [3.8, 4) is 0 Å². The Bertz CT molecular complexity index is 973. The van der Waals surface area contributed by atoms with Crippen molar-refractivity contribution in [1.82, 2.24) is 9.38 Å². The van der Waals surface area contributed by atoms with E-state index in [9.17, 15) is 19.8 Å². The van der Waals surface area contributed by atoms with Crippen LogP contribution in [-0.4, -0.2) is 51.7 Å². The molecule has 2 aromatic heterocycles. The third-order valence-electron chi connectivity index (χ3n) is 6.11. The Labute approximate surface area is 175 Å². The first-order valence-corrected chi connectivity index (χ1v) is 10.1. The maximum absolute atomic E-state index is 12.2. The highest BCUT2D eigenvalue weighted by atomic mass is 16.5. The number of allylic oxidation sites excluding steroid dienone is 1. The highest BCUT2D eigenvalue weighted by Crippen LogP contribution is 2.40. The lowest BCUT2D eigenvalue weighted by Gasteiger charge is -2.41. The topological polar surface area (TPSA) is 104 Å². The summed E-state index contributed by atoms with van der Waals surface area (Å²) in [5, 5.41) is 20.1. The number of hydrogen-bond donors (Lipinski definition) is 2. The fourth-order valence-corrected chi connectivity index (χ4v) is 4.20. The number of ether oxygens (including phenoxy) is 1. The lowest BCUT2D eigenvalue weighted by molar-refractivity contribution is -0.150. The number of methoxy groups -OCH3 is 1. The first kappa shape index (κ1) is 21.8. The Hall–Kier alpha value is -2.87. The molecule has 3 heterocycles. The molecule has 2 N–H and O–H groups in total. The summed E-state index contributed by atoms with van der Waals surface area (Å²) in [5.41, 5.74) is 1.63. The Balaban J connectivity index is 2.09. The number of carboxylic acid groups (broad SMARTS) is 1. The summed E-state index contributed by atoms with van der Waals surface area (Å²) in [6.07, 6.45) is 5.78. The zero-order valence-electron chi connectivity index (χ0n) is 17.7. The molecule has 1 saturated heterocycles. The quantitative estimate of drug-likeness (QED) is 0.529. The van der Waals surface area contributed by atoms with E-state index in [1.807, 2.05) is 6.08 Å². The highest BCUT2D eigenvalue weighted by Gasteiger charge is 2.34. The number of imidazole rings is 1. The van der Waals surface area contributed by atoms with Gasteiger partial charge < -0.3 is 19.8 Å². The van der Waals surface area contributed by atoms with Crippen molar-refractivity contribution in [2.45, 2.75) is 45.6 Å². The zero-order valence-corrected chi connectivity index (χ0v) is 17.7. The van der Waals surface area contributed by atoms with E-state index < -0.39 is 18.0 Å². The van der Waals surface area contributed by atoms with Crippen LogP contribution in [0.15, 0.2) is 24.9 Å². The lowest BCUT2D eigenvalue weighted by atomic mass is 9.76. The summed E-state index contributed by atoms with van der Waals surface area (Å²) >= 11 is 0. The van der Waals surface area contributed by atoms with Crippen molar-refractivity contribution in [2.75, 3.05) is 25.1 Å². The van der Waals surface area contributed by atoms with Crippen LogP contribution >= 0.6 is 0 Å². The Kier molecular flexibility index (Phi) is 6.17. The summed E-state index contributed by atoms with van der Waals surface area (Å²) in [5.74, 6) is -1.30. The summed E-state index contributed by atoms with van der Waals surface area (Å²) in [4.78, 5) is 29.9. The molecule has 0 aliphatic carbocycles. The molecule has 0 aromatic carbocycles. The van der Waals surface area contributed by atoms with Gasteiger partial charge in [-0.25, -0.2) is 14.6 Å². The van der Waals surface area contributed by atoms with E-state index in [4.69, 9.17) is 4.74 Å². The molecule has 0 radical (unpaired) electrons. The largest absolute Gasteiger partial charge is 0.476 e. The second kappa shape index (κ2) is 8.47. The molecule has 1 aliphatic heterocycles. The highest BCUT2D eigenvalue weighted by molar-refractivity contribution is 5.87. The van der Waals surface area contributed by atoms with Gasteiger partial charge in [0, 0.05) is 24.8 Å². The number of anilines is 1. The number of aliphatic hydroxyl groups excluding tert-OH is 1. The van der Waals surface area contributed by atoms with Gasteiger partial charge in [-0.1, -0.05) is 13.0 Å². The number of aliphatic hydroxyl groups is 1. The van der Waals surface area contributed by atoms with Crippen LogP contribution in [0.1, 0.15) is 60.3 Å². The van der Waals surface area contributed by atoms with Gasteiger partial charge in [0.05, 0.1) is 7.11 Å². The molecule has 8 nitrogen and oxygen atoms in total. The van der Waals surface area contributed by atoms with Gasteiger partial charge in [0.2, 0.25) is 0 Å². The average Bonchev–Trinajstić information content (AvgIpc) is 3.15. The molecular weight excluding hydrogens is 386 g/mol. The smallest absolute Gasteiger partial charge is 0.356 e. The van der Waals surface area contributed by atoms with E-state index in [-0.39, 0.29) is 11.1 Å². The van der Waals surface area contributed by atoms with Crippen molar-refractivity contribution >= 4 is 23.4 Å². The zero-order chi connectivity index (χ0) is 22.1. The minimum Gasteiger partial charge on any atom is -0.476 e. The summed E-state index contributed by atoms with van der Waals surface area (Å²) < 4.78 is 6.42. The van der Waals surface area contributed by atoms with Crippen molar-refractivity contribution in [3.05, 3.63) is 41.7 Å². The van der Waals surface area contributed by atoms with Crippen molar-refractivity contribution in [3.63, 3.8) is 0 Å². The summed E-state index contributed by atoms with van der Waals surface area (Å²) in [7, 11) is 1.23. The van der Waals surface area contributed by atoms with Crippen LogP contribution in [0.4, 0.5) is 5.82 Å². The fourth-order valence-electron chi connectivity index (χ4n) is 4.20. The molecule has 1 atom stereocenters. The van der Waals surface area contributed by atoms with Gasteiger partial charge in [-0.05, 0) is 49.7 Å². The van der Waals surface area contributed by atoms with E-state index in [0.29, 0.717) is 35.7 Å². The van der Waals surface area contributed by atoms with Crippen molar-refractivity contribution in [1.29, 1.82) is 0 Å². The number of rotatable bonds is 7. The molecule has 8 heteroatoms. The van der Waals surface area contributed by atoms with Crippen LogP contribution < -0.4 is 4.90 Å². The lowest BCUT2D eigenvalue weighted by Crippen LogP contribution is -2.40. The number of aromatic carboxylic acids is 1. The molecule has 1 fully saturated rings. The minimum absolute atomic E-state index is 0.0896. The van der Waals surface area contributed by atoms with Crippen molar-refractivity contribution < 1.29 is 24.5 Å². The molecule has 0 saturated carbocycles. The van der Waals surface area contributed by atoms with Gasteiger partial charge in [0.25, 0.3) is 0 Å². The molecule has 1 unspecified atom stereocenters. The van der Waals surface area contributed by atoms with E-state index >= 15 is 0 Å². The number of aryl methyl sites for hydroxylation is 1. The third-order valence-corrected chi connectivity index (χ3v) is 6.11. The van der Waals surface area contributed by atoms with Gasteiger partial charge in [-0.15, -0.1) is 6.58 Å². The van der Waals surface area contributed by atoms with Crippen molar-refractivity contribution in [2.24, 2.45) is 5.41 Å². The second-order valence-corrected chi connectivity index (χ2v) is 8.27. The molecule has 30 heavy (non-hydrogen) atoms. The van der Waals surface area contributed by atoms with Gasteiger partial charge in [0.1, 0.15) is 11.5 Å². The predicted octanol–water partition coefficient (Wildman–Crippen LogP) is 3.12.